The molecule has 1 aliphatic carbocycles. The fourth-order valence-electron chi connectivity index (χ4n) is 3.20. The second kappa shape index (κ2) is 4.81. The molecule has 1 heterocycles. The third-order valence-corrected chi connectivity index (χ3v) is 4.15. The molecule has 2 nitrogen and oxygen atoms in total. The molecule has 1 aliphatic rings. The molecular formula is C19H15NO. The standard InChI is InChI=1S/C19H15NO/c21-17-12-6-10-15-18(13-7-2-1-3-8-13)14-9-4-5-11-16(14)20-19(15)17/h1-5,7-9,11H,6,10,12H2. The van der Waals surface area contributed by atoms with Crippen molar-refractivity contribution in [2.75, 3.05) is 0 Å². The molecule has 0 spiro atoms. The highest BCUT2D eigenvalue weighted by molar-refractivity contribution is 6.05. The van der Waals surface area contributed by atoms with Crippen LogP contribution in [0.1, 0.15) is 28.9 Å². The third-order valence-electron chi connectivity index (χ3n) is 4.15. The SMILES string of the molecule is O=C1CCCc2c1nc1ccccc1c2-c1ccccc1. The van der Waals surface area contributed by atoms with Crippen molar-refractivity contribution in [1.82, 2.24) is 4.98 Å². The number of hydrogen-bond acceptors (Lipinski definition) is 2. The van der Waals surface area contributed by atoms with Crippen molar-refractivity contribution >= 4 is 16.7 Å². The van der Waals surface area contributed by atoms with Gasteiger partial charge in [0.2, 0.25) is 0 Å². The number of para-hydroxylation sites is 1. The molecule has 0 amide bonds. The van der Waals surface area contributed by atoms with Crippen LogP contribution in [0.2, 0.25) is 0 Å². The quantitative estimate of drug-likeness (QED) is 0.657. The number of hydrogen-bond donors (Lipinski definition) is 0. The smallest absolute Gasteiger partial charge is 0.181 e. The molecule has 0 saturated carbocycles. The summed E-state index contributed by atoms with van der Waals surface area (Å²) in [6.07, 6.45) is 2.47. The number of carbonyl (C=O) groups excluding carboxylic acids is 1. The maximum Gasteiger partial charge on any atom is 0.181 e. The van der Waals surface area contributed by atoms with Crippen LogP contribution in [0, 0.1) is 0 Å². The topological polar surface area (TPSA) is 30.0 Å². The van der Waals surface area contributed by atoms with E-state index in [1.54, 1.807) is 0 Å². The molecule has 1 aromatic heterocycles. The van der Waals surface area contributed by atoms with Crippen LogP contribution in [0.4, 0.5) is 0 Å². The summed E-state index contributed by atoms with van der Waals surface area (Å²) in [5.74, 6) is 0.180. The summed E-state index contributed by atoms with van der Waals surface area (Å²) in [5.41, 5.74) is 5.06. The summed E-state index contributed by atoms with van der Waals surface area (Å²) in [6.45, 7) is 0. The molecule has 0 bridgehead atoms. The van der Waals surface area contributed by atoms with E-state index in [4.69, 9.17) is 0 Å². The normalized spacial score (nSPS) is 14.2. The highest BCUT2D eigenvalue weighted by atomic mass is 16.1. The van der Waals surface area contributed by atoms with Gasteiger partial charge in [-0.25, -0.2) is 4.98 Å². The number of aromatic nitrogens is 1. The lowest BCUT2D eigenvalue weighted by Crippen LogP contribution is -2.14. The minimum Gasteiger partial charge on any atom is -0.292 e. The van der Waals surface area contributed by atoms with Crippen molar-refractivity contribution in [2.24, 2.45) is 0 Å². The van der Waals surface area contributed by atoms with Crippen LogP contribution in [0.5, 0.6) is 0 Å². The van der Waals surface area contributed by atoms with E-state index in [2.05, 4.69) is 23.2 Å². The first-order valence-corrected chi connectivity index (χ1v) is 7.35. The molecule has 4 rings (SSSR count). The maximum atomic E-state index is 12.3. The van der Waals surface area contributed by atoms with Crippen LogP contribution in [-0.2, 0) is 6.42 Å². The van der Waals surface area contributed by atoms with Gasteiger partial charge in [-0.2, -0.15) is 0 Å². The van der Waals surface area contributed by atoms with Gasteiger partial charge in [-0.3, -0.25) is 4.79 Å². The van der Waals surface area contributed by atoms with E-state index in [1.807, 2.05) is 36.4 Å². The summed E-state index contributed by atoms with van der Waals surface area (Å²) < 4.78 is 0. The lowest BCUT2D eigenvalue weighted by molar-refractivity contribution is 0.0967. The Morgan fingerprint density at radius 3 is 2.48 bits per heavy atom. The molecule has 0 unspecified atom stereocenters. The van der Waals surface area contributed by atoms with Crippen LogP contribution >= 0.6 is 0 Å². The van der Waals surface area contributed by atoms with Crippen LogP contribution in [0.15, 0.2) is 54.6 Å². The fraction of sp³-hybridized carbons (Fsp3) is 0.158. The Hall–Kier alpha value is -2.48. The van der Waals surface area contributed by atoms with E-state index in [-0.39, 0.29) is 5.78 Å². The fourth-order valence-corrected chi connectivity index (χ4v) is 3.20. The van der Waals surface area contributed by atoms with Crippen LogP contribution < -0.4 is 0 Å². The van der Waals surface area contributed by atoms with Gasteiger partial charge in [0.1, 0.15) is 5.69 Å². The Morgan fingerprint density at radius 1 is 0.857 bits per heavy atom. The summed E-state index contributed by atoms with van der Waals surface area (Å²) in [4.78, 5) is 16.9. The monoisotopic (exact) mass is 273 g/mol. The number of ketones is 1. The summed E-state index contributed by atoms with van der Waals surface area (Å²) >= 11 is 0. The lowest BCUT2D eigenvalue weighted by Gasteiger charge is -2.20. The first kappa shape index (κ1) is 12.3. The Morgan fingerprint density at radius 2 is 1.62 bits per heavy atom. The number of fused-ring (bicyclic) bond motifs is 2. The van der Waals surface area contributed by atoms with Gasteiger partial charge in [0, 0.05) is 11.8 Å². The molecule has 2 heteroatoms. The molecule has 0 aliphatic heterocycles. The Bertz CT molecular complexity index is 837. The van der Waals surface area contributed by atoms with Gasteiger partial charge in [0.15, 0.2) is 5.78 Å². The molecule has 102 valence electrons. The number of benzene rings is 2. The molecular weight excluding hydrogens is 258 g/mol. The molecule has 3 aromatic rings. The van der Waals surface area contributed by atoms with Crippen LogP contribution in [-0.4, -0.2) is 10.8 Å². The number of pyridine rings is 1. The maximum absolute atomic E-state index is 12.3. The van der Waals surface area contributed by atoms with Crippen molar-refractivity contribution in [2.45, 2.75) is 19.3 Å². The van der Waals surface area contributed by atoms with Crippen molar-refractivity contribution in [3.63, 3.8) is 0 Å². The van der Waals surface area contributed by atoms with E-state index in [9.17, 15) is 4.79 Å². The van der Waals surface area contributed by atoms with Gasteiger partial charge in [-0.15, -0.1) is 0 Å². The highest BCUT2D eigenvalue weighted by Crippen LogP contribution is 2.36. The van der Waals surface area contributed by atoms with Gasteiger partial charge in [-0.1, -0.05) is 48.5 Å². The van der Waals surface area contributed by atoms with Gasteiger partial charge in [-0.05, 0) is 35.6 Å². The first-order chi connectivity index (χ1) is 10.3. The largest absolute Gasteiger partial charge is 0.292 e. The first-order valence-electron chi connectivity index (χ1n) is 7.35. The number of nitrogens with zero attached hydrogens (tertiary/aromatic N) is 1. The van der Waals surface area contributed by atoms with Gasteiger partial charge < -0.3 is 0 Å². The minimum atomic E-state index is 0.180. The molecule has 2 aromatic carbocycles. The lowest BCUT2D eigenvalue weighted by atomic mass is 9.86. The average molecular weight is 273 g/mol. The zero-order valence-electron chi connectivity index (χ0n) is 11.7. The second-order valence-corrected chi connectivity index (χ2v) is 5.47. The summed E-state index contributed by atoms with van der Waals surface area (Å²) in [6, 6.07) is 18.4. The zero-order valence-corrected chi connectivity index (χ0v) is 11.7. The van der Waals surface area contributed by atoms with E-state index >= 15 is 0 Å². The Kier molecular flexibility index (Phi) is 2.81. The highest BCUT2D eigenvalue weighted by Gasteiger charge is 2.24. The molecule has 21 heavy (non-hydrogen) atoms. The predicted molar refractivity (Wildman–Crippen MR) is 84.4 cm³/mol. The van der Waals surface area contributed by atoms with Gasteiger partial charge >= 0.3 is 0 Å². The molecule has 0 atom stereocenters. The van der Waals surface area contributed by atoms with Gasteiger partial charge in [0.05, 0.1) is 5.52 Å². The molecule has 0 fully saturated rings. The van der Waals surface area contributed by atoms with E-state index in [1.165, 1.54) is 11.1 Å². The van der Waals surface area contributed by atoms with Crippen LogP contribution in [0.3, 0.4) is 0 Å². The van der Waals surface area contributed by atoms with Crippen LogP contribution in [0.25, 0.3) is 22.0 Å². The molecule has 0 radical (unpaired) electrons. The van der Waals surface area contributed by atoms with Crippen molar-refractivity contribution in [1.29, 1.82) is 0 Å². The minimum absolute atomic E-state index is 0.180. The molecule has 0 saturated heterocycles. The third kappa shape index (κ3) is 1.95. The van der Waals surface area contributed by atoms with E-state index in [0.29, 0.717) is 12.1 Å². The second-order valence-electron chi connectivity index (χ2n) is 5.47. The zero-order chi connectivity index (χ0) is 14.2. The van der Waals surface area contributed by atoms with E-state index < -0.39 is 0 Å². The predicted octanol–water partition coefficient (Wildman–Crippen LogP) is 4.42. The number of Topliss-reactive ketones (excluding diaryl/α,β-unsaturated/α-hetero) is 1. The number of rotatable bonds is 1. The van der Waals surface area contributed by atoms with Crippen molar-refractivity contribution in [3.8, 4) is 11.1 Å². The Balaban J connectivity index is 2.14. The van der Waals surface area contributed by atoms with Crippen molar-refractivity contribution < 1.29 is 4.79 Å². The Labute approximate surface area is 123 Å². The average Bonchev–Trinajstić information content (AvgIpc) is 2.54. The summed E-state index contributed by atoms with van der Waals surface area (Å²) in [5, 5.41) is 1.14. The molecule has 0 N–H and O–H groups in total. The summed E-state index contributed by atoms with van der Waals surface area (Å²) in [7, 11) is 0. The number of carbonyl (C=O) groups is 1. The van der Waals surface area contributed by atoms with Gasteiger partial charge in [0.25, 0.3) is 0 Å². The van der Waals surface area contributed by atoms with E-state index in [0.717, 1.165) is 29.3 Å². The van der Waals surface area contributed by atoms with Crippen molar-refractivity contribution in [3.05, 3.63) is 65.9 Å².